The van der Waals surface area contributed by atoms with Gasteiger partial charge in [0.2, 0.25) is 0 Å². The highest BCUT2D eigenvalue weighted by molar-refractivity contribution is 7.11. The number of hydrogen-bond donors (Lipinski definition) is 1. The zero-order chi connectivity index (χ0) is 19.1. The molecule has 2 heterocycles. The number of furan rings is 1. The second-order valence-corrected chi connectivity index (χ2v) is 7.93. The quantitative estimate of drug-likeness (QED) is 0.559. The second kappa shape index (κ2) is 9.80. The number of halogens is 1. The summed E-state index contributed by atoms with van der Waals surface area (Å²) in [6.07, 6.45) is 0.976. The van der Waals surface area contributed by atoms with Crippen LogP contribution < -0.4 is 0 Å². The Morgan fingerprint density at radius 1 is 1.15 bits per heavy atom. The fourth-order valence-electron chi connectivity index (χ4n) is 2.86. The van der Waals surface area contributed by atoms with Crippen molar-refractivity contribution in [2.24, 2.45) is 0 Å². The second-order valence-electron chi connectivity index (χ2n) is 6.56. The highest BCUT2D eigenvalue weighted by Gasteiger charge is 2.15. The largest absolute Gasteiger partial charge is 0.467 e. The van der Waals surface area contributed by atoms with E-state index in [0.29, 0.717) is 19.7 Å². The van der Waals surface area contributed by atoms with E-state index in [2.05, 4.69) is 24.0 Å². The van der Waals surface area contributed by atoms with Crippen molar-refractivity contribution in [2.45, 2.75) is 32.7 Å². The van der Waals surface area contributed by atoms with Crippen LogP contribution in [0.2, 0.25) is 0 Å². The van der Waals surface area contributed by atoms with Gasteiger partial charge >= 0.3 is 0 Å². The van der Waals surface area contributed by atoms with Crippen molar-refractivity contribution in [1.29, 1.82) is 0 Å². The molecule has 0 spiro atoms. The van der Waals surface area contributed by atoms with E-state index >= 15 is 0 Å². The van der Waals surface area contributed by atoms with E-state index in [1.54, 1.807) is 29.7 Å². The van der Waals surface area contributed by atoms with Crippen LogP contribution in [0.4, 0.5) is 4.39 Å². The molecule has 0 aliphatic carbocycles. The van der Waals surface area contributed by atoms with Gasteiger partial charge in [-0.15, -0.1) is 11.3 Å². The van der Waals surface area contributed by atoms with E-state index in [-0.39, 0.29) is 12.4 Å². The Bertz CT molecular complexity index is 801. The Morgan fingerprint density at radius 2 is 1.96 bits per heavy atom. The maximum absolute atomic E-state index is 13.2. The highest BCUT2D eigenvalue weighted by Crippen LogP contribution is 2.19. The topological polar surface area (TPSA) is 45.8 Å². The molecular formula is C21H24FNO3S. The molecule has 27 heavy (non-hydrogen) atoms. The molecule has 3 aromatic rings. The van der Waals surface area contributed by atoms with Crippen molar-refractivity contribution in [3.05, 3.63) is 81.7 Å². The van der Waals surface area contributed by atoms with Gasteiger partial charge in [0.25, 0.3) is 0 Å². The third-order valence-electron chi connectivity index (χ3n) is 4.10. The lowest BCUT2D eigenvalue weighted by molar-refractivity contribution is 0.00268. The molecule has 0 fully saturated rings. The number of aryl methyl sites for hydroxylation is 1. The van der Waals surface area contributed by atoms with E-state index in [1.165, 1.54) is 21.9 Å². The fraction of sp³-hybridized carbons (Fsp3) is 0.333. The molecule has 0 unspecified atom stereocenters. The lowest BCUT2D eigenvalue weighted by Crippen LogP contribution is -2.34. The van der Waals surface area contributed by atoms with Crippen molar-refractivity contribution in [3.63, 3.8) is 0 Å². The molecule has 0 radical (unpaired) electrons. The maximum Gasteiger partial charge on any atom is 0.129 e. The first-order valence-electron chi connectivity index (χ1n) is 8.89. The molecule has 144 valence electrons. The third-order valence-corrected chi connectivity index (χ3v) is 5.08. The predicted molar refractivity (Wildman–Crippen MR) is 104 cm³/mol. The average molecular weight is 389 g/mol. The van der Waals surface area contributed by atoms with Crippen LogP contribution in [0, 0.1) is 12.7 Å². The summed E-state index contributed by atoms with van der Waals surface area (Å²) in [5.41, 5.74) is 1.01. The summed E-state index contributed by atoms with van der Waals surface area (Å²) in [4.78, 5) is 4.65. The van der Waals surface area contributed by atoms with Gasteiger partial charge in [-0.2, -0.15) is 0 Å². The standard InChI is InChI=1S/C21H24FNO3S/c1-16-4-9-21(27-16)13-23(11-17-5-7-18(22)8-6-17)12-19(24)14-25-15-20-3-2-10-26-20/h2-10,19,24H,11-15H2,1H3/t19-/m1/s1. The molecule has 0 amide bonds. The zero-order valence-corrected chi connectivity index (χ0v) is 16.1. The van der Waals surface area contributed by atoms with Gasteiger partial charge in [-0.25, -0.2) is 4.39 Å². The summed E-state index contributed by atoms with van der Waals surface area (Å²) in [5.74, 6) is 0.491. The van der Waals surface area contributed by atoms with Crippen LogP contribution in [0.1, 0.15) is 21.1 Å². The lowest BCUT2D eigenvalue weighted by atomic mass is 10.2. The number of aliphatic hydroxyl groups excluding tert-OH is 1. The number of aliphatic hydroxyl groups is 1. The van der Waals surface area contributed by atoms with Gasteiger partial charge in [0.05, 0.1) is 19.0 Å². The van der Waals surface area contributed by atoms with Gasteiger partial charge in [0.15, 0.2) is 0 Å². The van der Waals surface area contributed by atoms with Gasteiger partial charge in [-0.1, -0.05) is 12.1 Å². The minimum absolute atomic E-state index is 0.226. The van der Waals surface area contributed by atoms with E-state index in [1.807, 2.05) is 12.1 Å². The van der Waals surface area contributed by atoms with Crippen molar-refractivity contribution < 1.29 is 18.7 Å². The maximum atomic E-state index is 13.2. The number of ether oxygens (including phenoxy) is 1. The van der Waals surface area contributed by atoms with Gasteiger partial charge in [0.1, 0.15) is 18.2 Å². The molecule has 6 heteroatoms. The summed E-state index contributed by atoms with van der Waals surface area (Å²) in [6.45, 7) is 4.47. The first-order valence-corrected chi connectivity index (χ1v) is 9.70. The molecule has 0 saturated heterocycles. The lowest BCUT2D eigenvalue weighted by Gasteiger charge is -2.24. The van der Waals surface area contributed by atoms with Crippen LogP contribution in [0.15, 0.2) is 59.2 Å². The first-order chi connectivity index (χ1) is 13.1. The number of benzene rings is 1. The molecule has 0 aliphatic rings. The van der Waals surface area contributed by atoms with Crippen molar-refractivity contribution in [2.75, 3.05) is 13.2 Å². The Hall–Kier alpha value is -1.99. The number of rotatable bonds is 10. The van der Waals surface area contributed by atoms with E-state index in [9.17, 15) is 9.50 Å². The molecule has 0 bridgehead atoms. The van der Waals surface area contributed by atoms with Crippen LogP contribution in [-0.2, 0) is 24.4 Å². The molecule has 0 aliphatic heterocycles. The number of thiophene rings is 1. The van der Waals surface area contributed by atoms with E-state index < -0.39 is 6.10 Å². The Kier molecular flexibility index (Phi) is 7.18. The number of hydrogen-bond acceptors (Lipinski definition) is 5. The predicted octanol–water partition coefficient (Wildman–Crippen LogP) is 4.37. The Balaban J connectivity index is 1.56. The van der Waals surface area contributed by atoms with Gasteiger partial charge < -0.3 is 14.3 Å². The van der Waals surface area contributed by atoms with Crippen molar-refractivity contribution in [1.82, 2.24) is 4.90 Å². The smallest absolute Gasteiger partial charge is 0.129 e. The molecule has 1 N–H and O–H groups in total. The molecular weight excluding hydrogens is 365 g/mol. The molecule has 2 aromatic heterocycles. The Labute approximate surface area is 162 Å². The summed E-state index contributed by atoms with van der Waals surface area (Å²) in [7, 11) is 0. The van der Waals surface area contributed by atoms with Gasteiger partial charge in [-0.05, 0) is 48.9 Å². The minimum atomic E-state index is -0.624. The SMILES string of the molecule is Cc1ccc(CN(Cc2ccc(F)cc2)C[C@@H](O)COCc2ccco2)s1. The average Bonchev–Trinajstić information content (AvgIpc) is 3.29. The summed E-state index contributed by atoms with van der Waals surface area (Å²) in [5, 5.41) is 10.4. The Morgan fingerprint density at radius 3 is 2.63 bits per heavy atom. The van der Waals surface area contributed by atoms with Crippen LogP contribution in [0.3, 0.4) is 0 Å². The van der Waals surface area contributed by atoms with E-state index in [4.69, 9.17) is 9.15 Å². The molecule has 0 saturated carbocycles. The highest BCUT2D eigenvalue weighted by atomic mass is 32.1. The fourth-order valence-corrected chi connectivity index (χ4v) is 3.80. The van der Waals surface area contributed by atoms with Crippen LogP contribution in [0.25, 0.3) is 0 Å². The zero-order valence-electron chi connectivity index (χ0n) is 15.3. The van der Waals surface area contributed by atoms with E-state index in [0.717, 1.165) is 17.9 Å². The third kappa shape index (κ3) is 6.59. The minimum Gasteiger partial charge on any atom is -0.467 e. The first kappa shape index (κ1) is 19.8. The summed E-state index contributed by atoms with van der Waals surface area (Å²) >= 11 is 1.75. The van der Waals surface area contributed by atoms with Crippen LogP contribution in [0.5, 0.6) is 0 Å². The molecule has 1 aromatic carbocycles. The van der Waals surface area contributed by atoms with Crippen LogP contribution in [-0.4, -0.2) is 29.3 Å². The molecule has 1 atom stereocenters. The monoisotopic (exact) mass is 389 g/mol. The molecule has 4 nitrogen and oxygen atoms in total. The normalized spacial score (nSPS) is 12.6. The molecule has 3 rings (SSSR count). The van der Waals surface area contributed by atoms with Gasteiger partial charge in [0, 0.05) is 29.4 Å². The summed E-state index contributed by atoms with van der Waals surface area (Å²) in [6, 6.07) is 14.3. The van der Waals surface area contributed by atoms with Gasteiger partial charge in [-0.3, -0.25) is 4.90 Å². The van der Waals surface area contributed by atoms with Crippen molar-refractivity contribution >= 4 is 11.3 Å². The summed E-state index contributed by atoms with van der Waals surface area (Å²) < 4.78 is 23.9. The van der Waals surface area contributed by atoms with Crippen LogP contribution >= 0.6 is 11.3 Å². The number of nitrogens with zero attached hydrogens (tertiary/aromatic N) is 1. The van der Waals surface area contributed by atoms with Crippen molar-refractivity contribution in [3.8, 4) is 0 Å².